The minimum Gasteiger partial charge on any atom is -0.481 e. The van der Waals surface area contributed by atoms with Crippen molar-refractivity contribution in [2.75, 3.05) is 18.8 Å². The summed E-state index contributed by atoms with van der Waals surface area (Å²) in [5, 5.41) is 24.8. The predicted molar refractivity (Wildman–Crippen MR) is 118 cm³/mol. The molecule has 9 heteroatoms. The third-order valence-corrected chi connectivity index (χ3v) is 3.88. The molecule has 0 saturated heterocycles. The lowest BCUT2D eigenvalue weighted by Crippen LogP contribution is -2.34. The van der Waals surface area contributed by atoms with Crippen LogP contribution in [0.2, 0.25) is 0 Å². The van der Waals surface area contributed by atoms with Gasteiger partial charge in [0.05, 0.1) is 11.1 Å². The first-order valence-electron chi connectivity index (χ1n) is 9.50. The molecule has 0 atom stereocenters. The van der Waals surface area contributed by atoms with Crippen LogP contribution in [0.3, 0.4) is 0 Å². The molecular formula is C21H33NO7S. The number of aromatic carboxylic acids is 2. The van der Waals surface area contributed by atoms with E-state index in [1.807, 2.05) is 11.8 Å². The standard InChI is InChI=1S/C11H23NOS.C8H6O4.C2H4O2/c1-6-14-11(13)12(7-9(2)3)8-10(4)5;9-7(10)5-3-1-2-4-6(5)8(11)12;1-2(3)4/h9-10H,6-8H2,1-5H3;1-4H,(H,9,10)(H,11,12);1H3,(H,3,4). The quantitative estimate of drug-likeness (QED) is 0.555. The molecule has 0 aliphatic carbocycles. The Morgan fingerprint density at radius 3 is 1.43 bits per heavy atom. The van der Waals surface area contributed by atoms with Crippen molar-refractivity contribution in [1.29, 1.82) is 0 Å². The molecule has 0 saturated carbocycles. The predicted octanol–water partition coefficient (Wildman–Crippen LogP) is 4.65. The van der Waals surface area contributed by atoms with Crippen LogP contribution in [0.1, 0.15) is 62.3 Å². The van der Waals surface area contributed by atoms with E-state index in [0.29, 0.717) is 11.8 Å². The fourth-order valence-corrected chi connectivity index (χ4v) is 2.75. The fourth-order valence-electron chi connectivity index (χ4n) is 2.18. The van der Waals surface area contributed by atoms with E-state index in [-0.39, 0.29) is 16.4 Å². The van der Waals surface area contributed by atoms with Gasteiger partial charge in [0, 0.05) is 20.0 Å². The van der Waals surface area contributed by atoms with E-state index in [1.165, 1.54) is 36.0 Å². The Kier molecular flexibility index (Phi) is 16.1. The molecule has 0 aliphatic heterocycles. The average Bonchev–Trinajstić information content (AvgIpc) is 2.60. The highest BCUT2D eigenvalue weighted by molar-refractivity contribution is 8.13. The Morgan fingerprint density at radius 2 is 1.20 bits per heavy atom. The lowest BCUT2D eigenvalue weighted by Gasteiger charge is -2.25. The van der Waals surface area contributed by atoms with E-state index in [0.717, 1.165) is 25.8 Å². The lowest BCUT2D eigenvalue weighted by atomic mass is 10.1. The number of rotatable bonds is 7. The van der Waals surface area contributed by atoms with Crippen molar-refractivity contribution in [2.45, 2.75) is 41.5 Å². The maximum Gasteiger partial charge on any atom is 0.336 e. The van der Waals surface area contributed by atoms with Crippen molar-refractivity contribution in [3.05, 3.63) is 35.4 Å². The Morgan fingerprint density at radius 1 is 0.867 bits per heavy atom. The minimum absolute atomic E-state index is 0.190. The summed E-state index contributed by atoms with van der Waals surface area (Å²) in [7, 11) is 0. The number of carboxylic acid groups (broad SMARTS) is 3. The van der Waals surface area contributed by atoms with Crippen molar-refractivity contribution < 1.29 is 34.5 Å². The molecule has 1 amide bonds. The molecule has 0 spiro atoms. The zero-order valence-electron chi connectivity index (χ0n) is 18.4. The Bertz CT molecular complexity index is 643. The first-order valence-corrected chi connectivity index (χ1v) is 10.5. The van der Waals surface area contributed by atoms with Crippen molar-refractivity contribution in [2.24, 2.45) is 11.8 Å². The van der Waals surface area contributed by atoms with Crippen LogP contribution in [-0.2, 0) is 4.79 Å². The van der Waals surface area contributed by atoms with Gasteiger partial charge < -0.3 is 20.2 Å². The monoisotopic (exact) mass is 443 g/mol. The molecular weight excluding hydrogens is 410 g/mol. The van der Waals surface area contributed by atoms with Gasteiger partial charge in [-0.05, 0) is 29.7 Å². The summed E-state index contributed by atoms with van der Waals surface area (Å²) in [6.07, 6.45) is 0. The maximum absolute atomic E-state index is 11.7. The summed E-state index contributed by atoms with van der Waals surface area (Å²) in [4.78, 5) is 43.6. The number of amides is 1. The second-order valence-corrected chi connectivity index (χ2v) is 8.28. The molecule has 0 aliphatic rings. The number of nitrogens with zero attached hydrogens (tertiary/aromatic N) is 1. The van der Waals surface area contributed by atoms with Gasteiger partial charge in [0.1, 0.15) is 0 Å². The molecule has 0 fully saturated rings. The zero-order chi connectivity index (χ0) is 23.9. The summed E-state index contributed by atoms with van der Waals surface area (Å²) in [5.41, 5.74) is -0.380. The molecule has 0 heterocycles. The van der Waals surface area contributed by atoms with E-state index < -0.39 is 17.9 Å². The van der Waals surface area contributed by atoms with Gasteiger partial charge in [-0.15, -0.1) is 0 Å². The number of aliphatic carboxylic acids is 1. The van der Waals surface area contributed by atoms with Crippen LogP contribution >= 0.6 is 11.8 Å². The Labute approximate surface area is 182 Å². The van der Waals surface area contributed by atoms with Crippen molar-refractivity contribution in [3.8, 4) is 0 Å². The van der Waals surface area contributed by atoms with Crippen LogP contribution in [0, 0.1) is 11.8 Å². The van der Waals surface area contributed by atoms with Crippen LogP contribution in [-0.4, -0.2) is 62.2 Å². The van der Waals surface area contributed by atoms with Crippen LogP contribution in [0.25, 0.3) is 0 Å². The molecule has 170 valence electrons. The van der Waals surface area contributed by atoms with E-state index >= 15 is 0 Å². The van der Waals surface area contributed by atoms with Crippen LogP contribution in [0.4, 0.5) is 4.79 Å². The first-order chi connectivity index (χ1) is 13.8. The van der Waals surface area contributed by atoms with E-state index in [4.69, 9.17) is 20.1 Å². The largest absolute Gasteiger partial charge is 0.481 e. The van der Waals surface area contributed by atoms with Gasteiger partial charge in [0.15, 0.2) is 0 Å². The maximum atomic E-state index is 11.7. The SMILES string of the molecule is CC(=O)O.CCSC(=O)N(CC(C)C)CC(C)C.O=C(O)c1ccccc1C(=O)O. The normalized spacial score (nSPS) is 9.73. The number of hydrogen-bond donors (Lipinski definition) is 3. The summed E-state index contributed by atoms with van der Waals surface area (Å²) in [6.45, 7) is 13.5. The third kappa shape index (κ3) is 15.4. The van der Waals surface area contributed by atoms with Crippen LogP contribution in [0.15, 0.2) is 24.3 Å². The minimum atomic E-state index is -1.23. The van der Waals surface area contributed by atoms with Crippen LogP contribution in [0.5, 0.6) is 0 Å². The van der Waals surface area contributed by atoms with Crippen molar-refractivity contribution in [3.63, 3.8) is 0 Å². The highest BCUT2D eigenvalue weighted by Crippen LogP contribution is 2.12. The number of hydrogen-bond acceptors (Lipinski definition) is 5. The second kappa shape index (κ2) is 16.3. The topological polar surface area (TPSA) is 132 Å². The lowest BCUT2D eigenvalue weighted by molar-refractivity contribution is -0.134. The molecule has 1 rings (SSSR count). The number of carboxylic acids is 3. The van der Waals surface area contributed by atoms with Gasteiger partial charge in [-0.2, -0.15) is 0 Å². The zero-order valence-corrected chi connectivity index (χ0v) is 19.2. The molecule has 0 aromatic heterocycles. The van der Waals surface area contributed by atoms with Gasteiger partial charge >= 0.3 is 11.9 Å². The Hall–Kier alpha value is -2.55. The van der Waals surface area contributed by atoms with Gasteiger partial charge in [-0.25, -0.2) is 9.59 Å². The van der Waals surface area contributed by atoms with Crippen molar-refractivity contribution in [1.82, 2.24) is 4.90 Å². The number of carbonyl (C=O) groups excluding carboxylic acids is 1. The summed E-state index contributed by atoms with van der Waals surface area (Å²) in [6, 6.07) is 5.48. The average molecular weight is 444 g/mol. The van der Waals surface area contributed by atoms with Crippen molar-refractivity contribution >= 4 is 34.9 Å². The van der Waals surface area contributed by atoms with Gasteiger partial charge in [-0.3, -0.25) is 9.59 Å². The summed E-state index contributed by atoms with van der Waals surface area (Å²) >= 11 is 1.41. The third-order valence-electron chi connectivity index (χ3n) is 3.08. The Balaban J connectivity index is 0. The fraction of sp³-hybridized carbons (Fsp3) is 0.524. The number of carbonyl (C=O) groups is 4. The molecule has 3 N–H and O–H groups in total. The molecule has 0 unspecified atom stereocenters. The van der Waals surface area contributed by atoms with E-state index in [9.17, 15) is 14.4 Å². The summed E-state index contributed by atoms with van der Waals surface area (Å²) in [5.74, 6) is -1.32. The molecule has 1 aromatic carbocycles. The second-order valence-electron chi connectivity index (χ2n) is 7.07. The van der Waals surface area contributed by atoms with E-state index in [2.05, 4.69) is 27.7 Å². The van der Waals surface area contributed by atoms with Crippen LogP contribution < -0.4 is 0 Å². The van der Waals surface area contributed by atoms with Gasteiger partial charge in [0.2, 0.25) is 0 Å². The highest BCUT2D eigenvalue weighted by atomic mass is 32.2. The highest BCUT2D eigenvalue weighted by Gasteiger charge is 2.15. The summed E-state index contributed by atoms with van der Waals surface area (Å²) < 4.78 is 0. The van der Waals surface area contributed by atoms with Gasteiger partial charge in [0.25, 0.3) is 11.2 Å². The number of thioether (sulfide) groups is 1. The smallest absolute Gasteiger partial charge is 0.336 e. The molecule has 8 nitrogen and oxygen atoms in total. The van der Waals surface area contributed by atoms with Gasteiger partial charge in [-0.1, -0.05) is 58.5 Å². The molecule has 0 bridgehead atoms. The molecule has 0 radical (unpaired) electrons. The first kappa shape index (κ1) is 29.6. The molecule has 1 aromatic rings. The van der Waals surface area contributed by atoms with E-state index in [1.54, 1.807) is 0 Å². The number of benzene rings is 1. The molecule has 30 heavy (non-hydrogen) atoms.